The van der Waals surface area contributed by atoms with Crippen LogP contribution in [0.25, 0.3) is 0 Å². The third-order valence-electron chi connectivity index (χ3n) is 10.6. The Labute approximate surface area is 425 Å². The molecule has 69 heavy (non-hydrogen) atoms. The standard InChI is InChI=1S/C20H23N7O7.C20H21N7O6.Ca.ClH/c21-20-25-16-15(18(32)26-20)27(9-28)12(8-23-16)7-22-11-3-1-10(2-4-11)17(31)24-13(19(33)34)5-6-14(29)30;21-20-24-16-15(18(31)25-20)27-9-26(8-12(27)7-22-16)11-3-1-10(2-4-11)17(30)23-13(19(32)33)5-6-14(28)29;;/h1-4,9,12-13,22H,5-8H2,(H,24,31)(H,29,30)(H,33,34)(H4,21,23,25,26,32);1-4,9,12-13H,5-8H2,(H6-,21,22,23,24,25,28,29,30,31,32,33);;1H/q;;+2;/p-2/t12-,13-;12-,13+;;/m01../s1. The van der Waals surface area contributed by atoms with Crippen LogP contribution in [0.1, 0.15) is 46.4 Å². The van der Waals surface area contributed by atoms with Gasteiger partial charge in [-0.3, -0.25) is 38.7 Å². The molecule has 13 N–H and O–H groups in total. The monoisotopic (exact) mass is 1000 g/mol. The molecule has 4 aromatic rings. The molecule has 3 aliphatic heterocycles. The molecule has 360 valence electrons. The number of carbonyl (C=O) groups is 7. The molecular weight excluding hydrogens is 960 g/mol. The van der Waals surface area contributed by atoms with E-state index in [0.717, 1.165) is 5.69 Å². The van der Waals surface area contributed by atoms with Gasteiger partial charge in [-0.2, -0.15) is 9.97 Å². The SMILES string of the molecule is Nc1nc2c(c(=O)[nH]1)N(C=O)[C@@H](CNc1ccc(C(=O)N[C@@H](CCC(=O)[O-])C(=O)[O-])cc1)CN2.Nc1nc2c(c(=O)[nH]1)[N+]1=CN(c3ccc(C(=O)N[C@@H](CCC(=O)O)C(=O)O)cc3)C[C@H]1CN2.[Ca+2].[Cl-]. The van der Waals surface area contributed by atoms with E-state index in [-0.39, 0.29) is 122 Å². The number of nitrogens with one attached hydrogen (secondary N) is 7. The number of nitrogens with two attached hydrogens (primary N) is 2. The van der Waals surface area contributed by atoms with E-state index in [1.54, 1.807) is 42.7 Å². The molecule has 27 nitrogen and oxygen atoms in total. The Morgan fingerprint density at radius 3 is 1.97 bits per heavy atom. The van der Waals surface area contributed by atoms with Gasteiger partial charge in [0.25, 0.3) is 17.4 Å². The molecule has 2 aromatic heterocycles. The van der Waals surface area contributed by atoms with Crippen LogP contribution in [0.3, 0.4) is 0 Å². The zero-order valence-electron chi connectivity index (χ0n) is 36.1. The maximum Gasteiger partial charge on any atom is 2.00 e. The molecule has 0 saturated heterocycles. The topological polar surface area (TPSA) is 419 Å². The first-order valence-electron chi connectivity index (χ1n) is 20.2. The third kappa shape index (κ3) is 13.6. The number of halogens is 1. The predicted molar refractivity (Wildman–Crippen MR) is 238 cm³/mol. The van der Waals surface area contributed by atoms with Crippen molar-refractivity contribution in [2.24, 2.45) is 0 Å². The van der Waals surface area contributed by atoms with Gasteiger partial charge in [0, 0.05) is 42.3 Å². The first-order valence-corrected chi connectivity index (χ1v) is 20.2. The van der Waals surface area contributed by atoms with Crippen molar-refractivity contribution >= 4 is 132 Å². The Bertz CT molecular complexity index is 2740. The van der Waals surface area contributed by atoms with Crippen molar-refractivity contribution in [1.82, 2.24) is 30.6 Å². The number of nitrogen functional groups attached to an aromatic ring is 2. The van der Waals surface area contributed by atoms with Crippen molar-refractivity contribution in [2.45, 2.75) is 49.9 Å². The number of aromatic amines is 2. The smallest absolute Gasteiger partial charge is 1.00 e. The van der Waals surface area contributed by atoms with E-state index in [1.165, 1.54) is 17.0 Å². The fourth-order valence-electron chi connectivity index (χ4n) is 7.19. The predicted octanol–water partition coefficient (Wildman–Crippen LogP) is -7.39. The van der Waals surface area contributed by atoms with E-state index < -0.39 is 65.8 Å². The van der Waals surface area contributed by atoms with E-state index in [9.17, 15) is 58.5 Å². The van der Waals surface area contributed by atoms with Crippen LogP contribution < -0.4 is 81.6 Å². The van der Waals surface area contributed by atoms with Gasteiger partial charge in [-0.15, -0.1) is 0 Å². The normalized spacial score (nSPS) is 15.9. The number of carboxylic acids is 4. The first-order chi connectivity index (χ1) is 31.9. The van der Waals surface area contributed by atoms with Gasteiger partial charge < -0.3 is 85.4 Å². The Morgan fingerprint density at radius 1 is 0.826 bits per heavy atom. The van der Waals surface area contributed by atoms with E-state index >= 15 is 0 Å². The number of amides is 3. The van der Waals surface area contributed by atoms with Crippen LogP contribution in [0.15, 0.2) is 58.1 Å². The van der Waals surface area contributed by atoms with Crippen molar-refractivity contribution in [3.63, 3.8) is 0 Å². The second-order valence-electron chi connectivity index (χ2n) is 15.1. The van der Waals surface area contributed by atoms with E-state index in [1.807, 2.05) is 9.48 Å². The van der Waals surface area contributed by atoms with Gasteiger partial charge in [-0.25, -0.2) is 14.3 Å². The summed E-state index contributed by atoms with van der Waals surface area (Å²) in [7, 11) is 0. The Kier molecular flexibility index (Phi) is 18.8. The average Bonchev–Trinajstić information content (AvgIpc) is 3.72. The van der Waals surface area contributed by atoms with Crippen LogP contribution in [0.4, 0.5) is 46.3 Å². The third-order valence-corrected chi connectivity index (χ3v) is 10.6. The Morgan fingerprint density at radius 2 is 1.39 bits per heavy atom. The molecule has 0 fully saturated rings. The summed E-state index contributed by atoms with van der Waals surface area (Å²) in [4.78, 5) is 121. The molecule has 0 aliphatic carbocycles. The maximum absolute atomic E-state index is 12.4. The van der Waals surface area contributed by atoms with Crippen LogP contribution in [0.5, 0.6) is 0 Å². The molecule has 3 aliphatic rings. The van der Waals surface area contributed by atoms with Gasteiger partial charge in [0.05, 0.1) is 24.6 Å². The first kappa shape index (κ1) is 54.1. The molecule has 0 saturated carbocycles. The average molecular weight is 1000 g/mol. The number of hydrogen-bond donors (Lipinski definition) is 11. The molecule has 2 aromatic carbocycles. The van der Waals surface area contributed by atoms with E-state index in [0.29, 0.717) is 43.2 Å². The van der Waals surface area contributed by atoms with Gasteiger partial charge >= 0.3 is 55.2 Å². The number of aliphatic carboxylic acids is 4. The number of hydrogen-bond acceptors (Lipinski definition) is 19. The number of aromatic nitrogens is 4. The minimum atomic E-state index is -1.60. The van der Waals surface area contributed by atoms with Crippen molar-refractivity contribution in [2.75, 3.05) is 63.4 Å². The summed E-state index contributed by atoms with van der Waals surface area (Å²) in [5.41, 5.74) is 12.4. The zero-order chi connectivity index (χ0) is 48.5. The van der Waals surface area contributed by atoms with Gasteiger partial charge in [0.15, 0.2) is 23.4 Å². The summed E-state index contributed by atoms with van der Waals surface area (Å²) < 4.78 is 1.83. The van der Waals surface area contributed by atoms with Crippen LogP contribution >= 0.6 is 0 Å². The molecule has 5 heterocycles. The quantitative estimate of drug-likeness (QED) is 0.0266. The molecule has 29 heteroatoms. The number of rotatable bonds is 17. The maximum atomic E-state index is 12.4. The Hall–Kier alpha value is -7.49. The number of fused-ring (bicyclic) bond motifs is 4. The molecule has 3 amide bonds. The fourth-order valence-corrected chi connectivity index (χ4v) is 7.19. The number of benzene rings is 2. The zero-order valence-corrected chi connectivity index (χ0v) is 39.1. The molecule has 0 radical (unpaired) electrons. The van der Waals surface area contributed by atoms with Gasteiger partial charge in [-0.05, 0) is 67.8 Å². The summed E-state index contributed by atoms with van der Waals surface area (Å²) in [6, 6.07) is 9.27. The number of anilines is 7. The van der Waals surface area contributed by atoms with Crippen molar-refractivity contribution in [3.8, 4) is 0 Å². The largest absolute Gasteiger partial charge is 2.00 e. The summed E-state index contributed by atoms with van der Waals surface area (Å²) in [6.45, 7) is 1.68. The number of carboxylic acid groups (broad SMARTS) is 4. The molecule has 0 spiro atoms. The van der Waals surface area contributed by atoms with Gasteiger partial charge in [0.2, 0.25) is 30.3 Å². The summed E-state index contributed by atoms with van der Waals surface area (Å²) >= 11 is 0. The second-order valence-corrected chi connectivity index (χ2v) is 15.1. The number of nitrogens with zero attached hydrogens (tertiary/aromatic N) is 5. The van der Waals surface area contributed by atoms with Crippen molar-refractivity contribution in [1.29, 1.82) is 0 Å². The summed E-state index contributed by atoms with van der Waals surface area (Å²) in [5, 5.41) is 53.3. The van der Waals surface area contributed by atoms with Gasteiger partial charge in [-0.1, -0.05) is 0 Å². The number of H-pyrrole nitrogens is 2. The molecule has 0 bridgehead atoms. The molecule has 0 unspecified atom stereocenters. The summed E-state index contributed by atoms with van der Waals surface area (Å²) in [6.07, 6.45) is 0.812. The minimum absolute atomic E-state index is 0. The molecule has 4 atom stereocenters. The molecule has 7 rings (SSSR count). The summed E-state index contributed by atoms with van der Waals surface area (Å²) in [5.74, 6) is -6.25. The molecular formula is C40H43CaClN14O13. The Balaban J connectivity index is 0.000000292. The second kappa shape index (κ2) is 24.0. The van der Waals surface area contributed by atoms with Gasteiger partial charge in [0.1, 0.15) is 18.3 Å². The minimum Gasteiger partial charge on any atom is -1.00 e. The van der Waals surface area contributed by atoms with Crippen LogP contribution in [-0.4, -0.2) is 171 Å². The fraction of sp³-hybridized carbons (Fsp3) is 0.300. The van der Waals surface area contributed by atoms with E-state index in [4.69, 9.17) is 16.6 Å². The van der Waals surface area contributed by atoms with Crippen LogP contribution in [-0.2, 0) is 24.0 Å². The van der Waals surface area contributed by atoms with Crippen molar-refractivity contribution < 1.29 is 71.0 Å². The van der Waals surface area contributed by atoms with E-state index in [2.05, 4.69) is 46.5 Å². The van der Waals surface area contributed by atoms with Crippen LogP contribution in [0.2, 0.25) is 0 Å². The van der Waals surface area contributed by atoms with Crippen LogP contribution in [0, 0.1) is 0 Å². The number of carbonyl (C=O) groups excluding carboxylic acids is 5. The van der Waals surface area contributed by atoms with Crippen molar-refractivity contribution in [3.05, 3.63) is 80.4 Å².